The molecule has 0 aliphatic rings. The van der Waals surface area contributed by atoms with E-state index < -0.39 is 10.8 Å². The summed E-state index contributed by atoms with van der Waals surface area (Å²) in [6.45, 7) is 0. The molecule has 0 amide bonds. The van der Waals surface area contributed by atoms with Crippen LogP contribution in [0.5, 0.6) is 0 Å². The zero-order valence-electron chi connectivity index (χ0n) is 3.26. The highest BCUT2D eigenvalue weighted by atomic mass is 32.2. The third-order valence-corrected chi connectivity index (χ3v) is 0.724. The Balaban J connectivity index is 2.97. The summed E-state index contributed by atoms with van der Waals surface area (Å²) < 4.78 is 12.5. The molecule has 0 N–H and O–H groups in total. The molecule has 0 aromatic carbocycles. The minimum absolute atomic E-state index is 0.823. The van der Waals surface area contributed by atoms with Gasteiger partial charge in [0.25, 0.3) is 0 Å². The van der Waals surface area contributed by atoms with Crippen LogP contribution >= 0.6 is 0 Å². The van der Waals surface area contributed by atoms with Gasteiger partial charge in [0.1, 0.15) is 0 Å². The smallest absolute Gasteiger partial charge is 0.0124 e. The number of hydrogen-bond acceptors (Lipinski definition) is 3. The van der Waals surface area contributed by atoms with Gasteiger partial charge >= 0.3 is 0 Å². The van der Waals surface area contributed by atoms with Crippen molar-refractivity contribution in [2.75, 3.05) is 13.4 Å². The summed E-state index contributed by atoms with van der Waals surface area (Å²) in [5.74, 6) is 0. The van der Waals surface area contributed by atoms with Crippen LogP contribution in [-0.4, -0.2) is 13.4 Å². The largest absolute Gasteiger partial charge is 0.463 e. The van der Waals surface area contributed by atoms with Crippen molar-refractivity contribution in [3.05, 3.63) is 0 Å². The molecule has 0 aliphatic carbocycles. The molecule has 0 spiro atoms. The van der Waals surface area contributed by atoms with E-state index in [4.69, 9.17) is 4.61 Å². The fourth-order valence-corrected chi connectivity index (χ4v) is 0. The van der Waals surface area contributed by atoms with Crippen molar-refractivity contribution in [1.82, 2.24) is 0 Å². The lowest BCUT2D eigenvalue weighted by atomic mass is 11.8. The quantitative estimate of drug-likeness (QED) is 0.402. The molecule has 0 aliphatic heterocycles. The third kappa shape index (κ3) is 4.02. The second kappa shape index (κ2) is 2.27. The van der Waals surface area contributed by atoms with Crippen LogP contribution in [-0.2, 0) is 15.0 Å². The van der Waals surface area contributed by atoms with Crippen molar-refractivity contribution in [3.63, 3.8) is 0 Å². The molecule has 0 saturated carbocycles. The van der Waals surface area contributed by atoms with E-state index in [0.717, 1.165) is 0 Å². The van der Waals surface area contributed by atoms with Gasteiger partial charge in [-0.3, -0.25) is 0 Å². The first kappa shape index (κ1) is 5.02. The van der Waals surface area contributed by atoms with E-state index in [9.17, 15) is 0 Å². The third-order valence-electron chi connectivity index (χ3n) is 0.241. The molecule has 0 saturated heterocycles. The molecule has 0 aromatic rings. The highest BCUT2D eigenvalue weighted by Gasteiger charge is 1.45. The standard InChI is InChI=1S/C2H6NOS/c1-4-5(2)3/h1-2H3/q-1. The number of hydrogen-bond donors (Lipinski definition) is 0. The van der Waals surface area contributed by atoms with Crippen LogP contribution < -0.4 is 0 Å². The van der Waals surface area contributed by atoms with Gasteiger partial charge in [0, 0.05) is 7.11 Å². The van der Waals surface area contributed by atoms with Gasteiger partial charge < -0.3 is 8.79 Å². The fraction of sp³-hybridized carbons (Fsp3) is 1.00. The van der Waals surface area contributed by atoms with Gasteiger partial charge in [-0.25, -0.2) is 0 Å². The lowest BCUT2D eigenvalue weighted by molar-refractivity contribution is 0.483. The number of nitrogens with zero attached hydrogens (tertiary/aromatic N) is 1. The fourth-order valence-electron chi connectivity index (χ4n) is 0. The summed E-state index contributed by atoms with van der Waals surface area (Å²) in [6.07, 6.45) is 1.58. The van der Waals surface area contributed by atoms with Gasteiger partial charge in [0.05, 0.1) is 0 Å². The van der Waals surface area contributed by atoms with E-state index in [2.05, 4.69) is 4.18 Å². The topological polar surface area (TPSA) is 33.0 Å². The first-order valence-corrected chi connectivity index (χ1v) is 2.68. The average molecular weight is 92.1 g/mol. The van der Waals surface area contributed by atoms with Gasteiger partial charge in [0.2, 0.25) is 0 Å². The summed E-state index contributed by atoms with van der Waals surface area (Å²) in [5.41, 5.74) is 0. The van der Waals surface area contributed by atoms with E-state index in [0.29, 0.717) is 0 Å². The molecule has 0 radical (unpaired) electrons. The van der Waals surface area contributed by atoms with Crippen LogP contribution in [0.15, 0.2) is 0 Å². The van der Waals surface area contributed by atoms with Crippen molar-refractivity contribution >= 4 is 10.8 Å². The molecular formula is C2H6NOS-. The Hall–Kier alpha value is 0.0200. The Morgan fingerprint density at radius 1 is 1.80 bits per heavy atom. The average Bonchev–Trinajstić information content (AvgIpc) is 1.38. The van der Waals surface area contributed by atoms with Gasteiger partial charge in [0.15, 0.2) is 0 Å². The molecule has 2 nitrogen and oxygen atoms in total. The zero-order chi connectivity index (χ0) is 4.28. The molecule has 0 aromatic heterocycles. The molecular weight excluding hydrogens is 86.1 g/mol. The SMILES string of the molecule is CO[S-](C)#N. The molecule has 5 heavy (non-hydrogen) atoms. The van der Waals surface area contributed by atoms with Crippen LogP contribution in [0, 0.1) is 4.61 Å². The lowest BCUT2D eigenvalue weighted by Gasteiger charge is -1.96. The van der Waals surface area contributed by atoms with E-state index >= 15 is 0 Å². The van der Waals surface area contributed by atoms with Crippen LogP contribution in [0.1, 0.15) is 0 Å². The Morgan fingerprint density at radius 3 is 2.00 bits per heavy atom. The molecule has 0 atom stereocenters. The van der Waals surface area contributed by atoms with Gasteiger partial charge in [-0.2, -0.15) is 10.8 Å². The first-order valence-electron chi connectivity index (χ1n) is 1.17. The Morgan fingerprint density at radius 2 is 2.00 bits per heavy atom. The van der Waals surface area contributed by atoms with Crippen molar-refractivity contribution in [2.45, 2.75) is 0 Å². The summed E-state index contributed by atoms with van der Waals surface area (Å²) in [5, 5.41) is 0. The molecule has 0 fully saturated rings. The molecule has 0 unspecified atom stereocenters. The summed E-state index contributed by atoms with van der Waals surface area (Å²) >= 11 is 0. The maximum absolute atomic E-state index is 8.17. The van der Waals surface area contributed by atoms with Gasteiger partial charge in [-0.05, 0) is 0 Å². The van der Waals surface area contributed by atoms with Crippen LogP contribution in [0.2, 0.25) is 0 Å². The maximum atomic E-state index is 8.17. The predicted octanol–water partition coefficient (Wildman–Crippen LogP) is 0.275. The van der Waals surface area contributed by atoms with Crippen LogP contribution in [0.4, 0.5) is 0 Å². The zero-order valence-corrected chi connectivity index (χ0v) is 4.08. The lowest BCUT2D eigenvalue weighted by Crippen LogP contribution is -1.77. The molecule has 0 heterocycles. The van der Waals surface area contributed by atoms with Crippen LogP contribution in [0.3, 0.4) is 0 Å². The molecule has 3 heteroatoms. The van der Waals surface area contributed by atoms with Crippen molar-refractivity contribution < 1.29 is 4.18 Å². The minimum Gasteiger partial charge on any atom is -0.463 e. The summed E-state index contributed by atoms with van der Waals surface area (Å²) in [7, 11) is 0.639. The van der Waals surface area contributed by atoms with Crippen molar-refractivity contribution in [1.29, 1.82) is 4.61 Å². The minimum atomic E-state index is -0.823. The van der Waals surface area contributed by atoms with E-state index in [1.165, 1.54) is 7.11 Å². The van der Waals surface area contributed by atoms with Crippen molar-refractivity contribution in [3.8, 4) is 0 Å². The summed E-state index contributed by atoms with van der Waals surface area (Å²) in [4.78, 5) is 0. The Labute approximate surface area is 33.9 Å². The highest BCUT2D eigenvalue weighted by Crippen LogP contribution is 1.63. The molecule has 0 rings (SSSR count). The van der Waals surface area contributed by atoms with Gasteiger partial charge in [-0.1, -0.05) is 0 Å². The van der Waals surface area contributed by atoms with Crippen LogP contribution in [0.25, 0.3) is 0 Å². The normalized spacial score (nSPS) is 9.20. The Bertz CT molecular complexity index is 71.5. The van der Waals surface area contributed by atoms with E-state index in [-0.39, 0.29) is 0 Å². The highest BCUT2D eigenvalue weighted by molar-refractivity contribution is 7.77. The molecule has 0 bridgehead atoms. The molecule has 32 valence electrons. The second-order valence-electron chi connectivity index (χ2n) is 0.590. The summed E-state index contributed by atoms with van der Waals surface area (Å²) in [6, 6.07) is 0. The van der Waals surface area contributed by atoms with Crippen molar-refractivity contribution in [2.24, 2.45) is 0 Å². The maximum Gasteiger partial charge on any atom is 0.0124 e. The van der Waals surface area contributed by atoms with E-state index in [1.54, 1.807) is 6.26 Å². The second-order valence-corrected chi connectivity index (χ2v) is 1.77. The predicted molar refractivity (Wildman–Crippen MR) is 22.0 cm³/mol. The van der Waals surface area contributed by atoms with Gasteiger partial charge in [-0.15, -0.1) is 6.26 Å². The Kier molecular flexibility index (Phi) is 2.28. The first-order chi connectivity index (χ1) is 2.27. The monoisotopic (exact) mass is 92.0 g/mol. The van der Waals surface area contributed by atoms with E-state index in [1.807, 2.05) is 0 Å². The number of rotatable bonds is 0.